The van der Waals surface area contributed by atoms with E-state index in [2.05, 4.69) is 6.92 Å². The van der Waals surface area contributed by atoms with E-state index in [1.54, 1.807) is 4.90 Å². The quantitative estimate of drug-likeness (QED) is 0.818. The normalized spacial score (nSPS) is 19.7. The van der Waals surface area contributed by atoms with E-state index >= 15 is 0 Å². The summed E-state index contributed by atoms with van der Waals surface area (Å²) in [5.41, 5.74) is 0. The average molecular weight is 256 g/mol. The lowest BCUT2D eigenvalue weighted by Gasteiger charge is -2.34. The topological polar surface area (TPSA) is 60.9 Å². The van der Waals surface area contributed by atoms with Crippen molar-refractivity contribution >= 4 is 12.0 Å². The van der Waals surface area contributed by atoms with Crippen molar-refractivity contribution in [2.75, 3.05) is 26.2 Å². The van der Waals surface area contributed by atoms with Gasteiger partial charge in [0.1, 0.15) is 0 Å². The summed E-state index contributed by atoms with van der Waals surface area (Å²) < 4.78 is 0. The number of rotatable bonds is 5. The lowest BCUT2D eigenvalue weighted by atomic mass is 9.98. The number of unbranched alkanes of at least 4 members (excludes halogenated alkanes) is 1. The summed E-state index contributed by atoms with van der Waals surface area (Å²) in [5.74, 6) is -1.18. The zero-order chi connectivity index (χ0) is 13.5. The van der Waals surface area contributed by atoms with Gasteiger partial charge < -0.3 is 14.9 Å². The second kappa shape index (κ2) is 7.24. The van der Waals surface area contributed by atoms with Crippen LogP contribution >= 0.6 is 0 Å². The van der Waals surface area contributed by atoms with E-state index < -0.39 is 11.9 Å². The first-order valence-corrected chi connectivity index (χ1v) is 6.86. The van der Waals surface area contributed by atoms with Gasteiger partial charge in [-0.05, 0) is 26.2 Å². The fourth-order valence-corrected chi connectivity index (χ4v) is 2.29. The minimum absolute atomic E-state index is 0.00287. The van der Waals surface area contributed by atoms with E-state index in [1.807, 2.05) is 11.8 Å². The summed E-state index contributed by atoms with van der Waals surface area (Å²) in [6.45, 7) is 6.56. The first-order chi connectivity index (χ1) is 8.60. The maximum Gasteiger partial charge on any atom is 0.320 e. The van der Waals surface area contributed by atoms with Gasteiger partial charge in [0.05, 0.1) is 5.92 Å². The molecule has 1 aliphatic rings. The van der Waals surface area contributed by atoms with Crippen LogP contribution in [0.5, 0.6) is 0 Å². The average Bonchev–Trinajstić information content (AvgIpc) is 2.39. The number of aliphatic carboxylic acids is 1. The summed E-state index contributed by atoms with van der Waals surface area (Å²) in [4.78, 5) is 26.8. The van der Waals surface area contributed by atoms with Gasteiger partial charge in [-0.15, -0.1) is 0 Å². The fourth-order valence-electron chi connectivity index (χ4n) is 2.29. The maximum absolute atomic E-state index is 12.3. The van der Waals surface area contributed by atoms with Crippen LogP contribution in [0.4, 0.5) is 4.79 Å². The molecule has 0 unspecified atom stereocenters. The minimum Gasteiger partial charge on any atom is -0.481 e. The Labute approximate surface area is 109 Å². The highest BCUT2D eigenvalue weighted by atomic mass is 16.4. The molecule has 104 valence electrons. The molecule has 0 aromatic rings. The van der Waals surface area contributed by atoms with Crippen molar-refractivity contribution in [2.45, 2.75) is 39.5 Å². The molecule has 0 aliphatic carbocycles. The molecule has 1 atom stereocenters. The van der Waals surface area contributed by atoms with Crippen LogP contribution in [0.2, 0.25) is 0 Å². The lowest BCUT2D eigenvalue weighted by molar-refractivity contribution is -0.143. The van der Waals surface area contributed by atoms with Gasteiger partial charge in [-0.2, -0.15) is 0 Å². The fraction of sp³-hybridized carbons (Fsp3) is 0.846. The number of hydrogen-bond donors (Lipinski definition) is 1. The number of nitrogens with zero attached hydrogens (tertiary/aromatic N) is 2. The molecule has 1 saturated heterocycles. The second-order valence-electron chi connectivity index (χ2n) is 4.84. The highest BCUT2D eigenvalue weighted by Crippen LogP contribution is 2.18. The van der Waals surface area contributed by atoms with Crippen LogP contribution in [0.15, 0.2) is 0 Å². The van der Waals surface area contributed by atoms with Crippen molar-refractivity contribution in [3.63, 3.8) is 0 Å². The summed E-state index contributed by atoms with van der Waals surface area (Å²) >= 11 is 0. The predicted octanol–water partition coefficient (Wildman–Crippen LogP) is 2.03. The predicted molar refractivity (Wildman–Crippen MR) is 69.5 cm³/mol. The smallest absolute Gasteiger partial charge is 0.320 e. The minimum atomic E-state index is -0.788. The first kappa shape index (κ1) is 14.8. The van der Waals surface area contributed by atoms with Crippen LogP contribution in [0.3, 0.4) is 0 Å². The molecule has 2 amide bonds. The molecule has 0 aromatic heterocycles. The molecule has 18 heavy (non-hydrogen) atoms. The lowest BCUT2D eigenvalue weighted by Crippen LogP contribution is -2.49. The van der Waals surface area contributed by atoms with E-state index in [0.717, 1.165) is 25.8 Å². The van der Waals surface area contributed by atoms with Crippen LogP contribution in [-0.4, -0.2) is 53.1 Å². The molecule has 1 heterocycles. The number of hydrogen-bond acceptors (Lipinski definition) is 2. The number of carboxylic acids is 1. The molecule has 0 aromatic carbocycles. The van der Waals surface area contributed by atoms with Crippen molar-refractivity contribution in [2.24, 2.45) is 5.92 Å². The van der Waals surface area contributed by atoms with Crippen LogP contribution in [0.25, 0.3) is 0 Å². The van der Waals surface area contributed by atoms with Crippen molar-refractivity contribution < 1.29 is 14.7 Å². The molecule has 1 N–H and O–H groups in total. The van der Waals surface area contributed by atoms with Crippen LogP contribution < -0.4 is 0 Å². The highest BCUT2D eigenvalue weighted by molar-refractivity contribution is 5.76. The summed E-state index contributed by atoms with van der Waals surface area (Å²) in [6, 6.07) is -0.00287. The molecule has 0 spiro atoms. The Morgan fingerprint density at radius 3 is 2.67 bits per heavy atom. The van der Waals surface area contributed by atoms with Gasteiger partial charge in [-0.1, -0.05) is 13.3 Å². The Bertz CT molecular complexity index is 294. The summed E-state index contributed by atoms with van der Waals surface area (Å²) in [5, 5.41) is 9.02. The summed E-state index contributed by atoms with van der Waals surface area (Å²) in [6.07, 6.45) is 3.52. The molecular formula is C13H24N2O3. The number of amides is 2. The van der Waals surface area contributed by atoms with E-state index in [1.165, 1.54) is 0 Å². The van der Waals surface area contributed by atoms with Gasteiger partial charge in [0.25, 0.3) is 0 Å². The van der Waals surface area contributed by atoms with Gasteiger partial charge in [0.2, 0.25) is 0 Å². The van der Waals surface area contributed by atoms with Gasteiger partial charge in [0.15, 0.2) is 0 Å². The van der Waals surface area contributed by atoms with Gasteiger partial charge in [0, 0.05) is 26.2 Å². The van der Waals surface area contributed by atoms with E-state index in [-0.39, 0.29) is 6.03 Å². The highest BCUT2D eigenvalue weighted by Gasteiger charge is 2.29. The van der Waals surface area contributed by atoms with Gasteiger partial charge in [-0.3, -0.25) is 4.79 Å². The van der Waals surface area contributed by atoms with Crippen LogP contribution in [-0.2, 0) is 4.79 Å². The summed E-state index contributed by atoms with van der Waals surface area (Å²) in [7, 11) is 0. The maximum atomic E-state index is 12.3. The molecule has 0 bridgehead atoms. The van der Waals surface area contributed by atoms with Crippen molar-refractivity contribution in [3.8, 4) is 0 Å². The third-order valence-electron chi connectivity index (χ3n) is 3.47. The van der Waals surface area contributed by atoms with Crippen LogP contribution in [0, 0.1) is 5.92 Å². The molecule has 5 nitrogen and oxygen atoms in total. The van der Waals surface area contributed by atoms with Crippen molar-refractivity contribution in [1.82, 2.24) is 9.80 Å². The third kappa shape index (κ3) is 3.89. The molecule has 1 fully saturated rings. The molecular weight excluding hydrogens is 232 g/mol. The van der Waals surface area contributed by atoms with Crippen molar-refractivity contribution in [1.29, 1.82) is 0 Å². The Kier molecular flexibility index (Phi) is 5.95. The molecule has 5 heteroatoms. The molecule has 0 saturated carbocycles. The molecule has 0 radical (unpaired) electrons. The van der Waals surface area contributed by atoms with Gasteiger partial charge >= 0.3 is 12.0 Å². The third-order valence-corrected chi connectivity index (χ3v) is 3.47. The van der Waals surface area contributed by atoms with E-state index in [4.69, 9.17) is 5.11 Å². The molecule has 1 rings (SSSR count). The Hall–Kier alpha value is -1.26. The SMILES string of the molecule is CCCCN(CC)C(=O)N1CCC[C@@H](C(=O)O)C1. The Morgan fingerprint density at radius 1 is 1.39 bits per heavy atom. The molecule has 1 aliphatic heterocycles. The van der Waals surface area contributed by atoms with Crippen molar-refractivity contribution in [3.05, 3.63) is 0 Å². The largest absolute Gasteiger partial charge is 0.481 e. The number of carbonyl (C=O) groups excluding carboxylic acids is 1. The monoisotopic (exact) mass is 256 g/mol. The van der Waals surface area contributed by atoms with E-state index in [0.29, 0.717) is 26.1 Å². The zero-order valence-corrected chi connectivity index (χ0v) is 11.4. The number of likely N-dealkylation sites (tertiary alicyclic amines) is 1. The first-order valence-electron chi connectivity index (χ1n) is 6.86. The standard InChI is InChI=1S/C13H24N2O3/c1-3-5-8-14(4-2)13(18)15-9-6-7-11(10-15)12(16)17/h11H,3-10H2,1-2H3,(H,16,17)/t11-/m1/s1. The van der Waals surface area contributed by atoms with Crippen LogP contribution in [0.1, 0.15) is 39.5 Å². The Balaban J connectivity index is 2.55. The second-order valence-corrected chi connectivity index (χ2v) is 4.84. The zero-order valence-electron chi connectivity index (χ0n) is 11.4. The Morgan fingerprint density at radius 2 is 2.11 bits per heavy atom. The number of urea groups is 1. The number of carboxylic acid groups (broad SMARTS) is 1. The number of piperidine rings is 1. The number of carbonyl (C=O) groups is 2. The van der Waals surface area contributed by atoms with Gasteiger partial charge in [-0.25, -0.2) is 4.79 Å². The van der Waals surface area contributed by atoms with E-state index in [9.17, 15) is 9.59 Å².